The van der Waals surface area contributed by atoms with Crippen LogP contribution in [0.15, 0.2) is 54.6 Å². The van der Waals surface area contributed by atoms with E-state index in [2.05, 4.69) is 32.2 Å². The number of amides is 1. The van der Waals surface area contributed by atoms with E-state index in [1.165, 1.54) is 11.8 Å². The van der Waals surface area contributed by atoms with Crippen molar-refractivity contribution in [1.29, 1.82) is 0 Å². The Labute approximate surface area is 163 Å². The maximum Gasteiger partial charge on any atom is 0.238 e. The Morgan fingerprint density at radius 1 is 1.07 bits per heavy atom. The van der Waals surface area contributed by atoms with Crippen LogP contribution < -0.4 is 10.2 Å². The number of fused-ring (bicyclic) bond motifs is 1. The van der Waals surface area contributed by atoms with Gasteiger partial charge in [0.05, 0.1) is 17.7 Å². The highest BCUT2D eigenvalue weighted by molar-refractivity contribution is 5.93. The number of piperazine rings is 1. The van der Waals surface area contributed by atoms with Gasteiger partial charge < -0.3 is 10.2 Å². The number of hydrogen-bond acceptors (Lipinski definition) is 4. The highest BCUT2D eigenvalue weighted by Gasteiger charge is 2.21. The fourth-order valence-electron chi connectivity index (χ4n) is 3.65. The first-order chi connectivity index (χ1) is 13.6. The first-order valence-electron chi connectivity index (χ1n) is 9.48. The Morgan fingerprint density at radius 2 is 1.79 bits per heavy atom. The highest BCUT2D eigenvalue weighted by atomic mass is 19.1. The number of benzene rings is 2. The summed E-state index contributed by atoms with van der Waals surface area (Å²) in [6.45, 7) is 5.50. The van der Waals surface area contributed by atoms with E-state index in [-0.39, 0.29) is 18.1 Å². The van der Waals surface area contributed by atoms with Gasteiger partial charge in [-0.1, -0.05) is 30.3 Å². The molecule has 2 heterocycles. The summed E-state index contributed by atoms with van der Waals surface area (Å²) in [6, 6.07) is 16.5. The largest absolute Gasteiger partial charge is 0.368 e. The van der Waals surface area contributed by atoms with Crippen LogP contribution in [0.3, 0.4) is 0 Å². The van der Waals surface area contributed by atoms with E-state index < -0.39 is 5.82 Å². The summed E-state index contributed by atoms with van der Waals surface area (Å²) in [4.78, 5) is 21.3. The van der Waals surface area contributed by atoms with Crippen molar-refractivity contribution in [3.05, 3.63) is 66.1 Å². The number of nitrogens with one attached hydrogen (secondary N) is 1. The van der Waals surface area contributed by atoms with Gasteiger partial charge in [0, 0.05) is 42.9 Å². The van der Waals surface area contributed by atoms with E-state index in [0.717, 1.165) is 42.8 Å². The van der Waals surface area contributed by atoms with Gasteiger partial charge in [-0.05, 0) is 31.2 Å². The number of aromatic nitrogens is 1. The van der Waals surface area contributed by atoms with Crippen LogP contribution in [0.5, 0.6) is 0 Å². The van der Waals surface area contributed by atoms with Crippen molar-refractivity contribution in [2.75, 3.05) is 42.9 Å². The van der Waals surface area contributed by atoms with Crippen LogP contribution in [0.25, 0.3) is 10.9 Å². The lowest BCUT2D eigenvalue weighted by Gasteiger charge is -2.36. The summed E-state index contributed by atoms with van der Waals surface area (Å²) < 4.78 is 13.7. The number of carbonyl (C=O) groups excluding carboxylic acids is 1. The molecule has 0 radical (unpaired) electrons. The number of para-hydroxylation sites is 2. The molecule has 2 aromatic carbocycles. The summed E-state index contributed by atoms with van der Waals surface area (Å²) in [6.07, 6.45) is 0. The van der Waals surface area contributed by atoms with Gasteiger partial charge in [0.2, 0.25) is 5.91 Å². The molecule has 1 fully saturated rings. The lowest BCUT2D eigenvalue weighted by molar-refractivity contribution is -0.117. The van der Waals surface area contributed by atoms with E-state index in [4.69, 9.17) is 0 Å². The van der Waals surface area contributed by atoms with Crippen molar-refractivity contribution in [3.63, 3.8) is 0 Å². The van der Waals surface area contributed by atoms with E-state index in [1.54, 1.807) is 18.2 Å². The number of hydrogen-bond donors (Lipinski definition) is 1. The normalized spacial score (nSPS) is 15.0. The maximum atomic E-state index is 13.7. The smallest absolute Gasteiger partial charge is 0.238 e. The molecular weight excluding hydrogens is 355 g/mol. The molecular formula is C22H23FN4O. The second kappa shape index (κ2) is 7.94. The lowest BCUT2D eigenvalue weighted by Crippen LogP contribution is -2.48. The molecule has 1 aromatic heterocycles. The fraction of sp³-hybridized carbons (Fsp3) is 0.273. The second-order valence-electron chi connectivity index (χ2n) is 7.09. The van der Waals surface area contributed by atoms with Crippen LogP contribution in [-0.4, -0.2) is 48.5 Å². The van der Waals surface area contributed by atoms with Crippen LogP contribution >= 0.6 is 0 Å². The Balaban J connectivity index is 1.39. The van der Waals surface area contributed by atoms with Crippen molar-refractivity contribution in [3.8, 4) is 0 Å². The number of nitrogens with zero attached hydrogens (tertiary/aromatic N) is 3. The average Bonchev–Trinajstić information content (AvgIpc) is 2.70. The van der Waals surface area contributed by atoms with Gasteiger partial charge in [0.25, 0.3) is 0 Å². The van der Waals surface area contributed by atoms with Crippen molar-refractivity contribution in [1.82, 2.24) is 9.88 Å². The monoisotopic (exact) mass is 378 g/mol. The Hall–Kier alpha value is -2.99. The molecule has 1 aliphatic rings. The van der Waals surface area contributed by atoms with Gasteiger partial charge >= 0.3 is 0 Å². The minimum absolute atomic E-state index is 0.191. The number of pyridine rings is 1. The Bertz CT molecular complexity index is 999. The van der Waals surface area contributed by atoms with Crippen molar-refractivity contribution >= 4 is 28.2 Å². The number of rotatable bonds is 4. The SMILES string of the molecule is Cc1cc(N2CCN(CC(=O)Nc3ccccc3F)CC2)c2ccccc2n1. The fourth-order valence-corrected chi connectivity index (χ4v) is 3.65. The molecule has 144 valence electrons. The predicted molar refractivity (Wildman–Crippen MR) is 110 cm³/mol. The molecule has 3 aromatic rings. The number of carbonyl (C=O) groups is 1. The molecule has 1 saturated heterocycles. The molecule has 1 aliphatic heterocycles. The van der Waals surface area contributed by atoms with E-state index in [1.807, 2.05) is 25.1 Å². The molecule has 0 spiro atoms. The number of halogens is 1. The van der Waals surface area contributed by atoms with Gasteiger partial charge in [-0.15, -0.1) is 0 Å². The molecule has 28 heavy (non-hydrogen) atoms. The van der Waals surface area contributed by atoms with E-state index in [0.29, 0.717) is 0 Å². The van der Waals surface area contributed by atoms with Crippen LogP contribution in [0.2, 0.25) is 0 Å². The Kier molecular flexibility index (Phi) is 5.21. The topological polar surface area (TPSA) is 48.5 Å². The zero-order valence-electron chi connectivity index (χ0n) is 15.9. The summed E-state index contributed by atoms with van der Waals surface area (Å²) in [5.41, 5.74) is 3.42. The number of aryl methyl sites for hydroxylation is 1. The van der Waals surface area contributed by atoms with Crippen LogP contribution in [0, 0.1) is 12.7 Å². The third-order valence-corrected chi connectivity index (χ3v) is 5.05. The molecule has 0 aliphatic carbocycles. The molecule has 5 nitrogen and oxygen atoms in total. The van der Waals surface area contributed by atoms with Crippen LogP contribution in [0.4, 0.5) is 15.8 Å². The summed E-state index contributed by atoms with van der Waals surface area (Å²) >= 11 is 0. The first kappa shape index (κ1) is 18.4. The third-order valence-electron chi connectivity index (χ3n) is 5.05. The maximum absolute atomic E-state index is 13.7. The van der Waals surface area contributed by atoms with Gasteiger partial charge in [0.1, 0.15) is 5.82 Å². The first-order valence-corrected chi connectivity index (χ1v) is 9.48. The van der Waals surface area contributed by atoms with E-state index >= 15 is 0 Å². The van der Waals surface area contributed by atoms with Crippen LogP contribution in [-0.2, 0) is 4.79 Å². The molecule has 0 saturated carbocycles. The van der Waals surface area contributed by atoms with Crippen molar-refractivity contribution < 1.29 is 9.18 Å². The molecule has 1 N–H and O–H groups in total. The third kappa shape index (κ3) is 3.97. The lowest BCUT2D eigenvalue weighted by atomic mass is 10.1. The standard InChI is InChI=1S/C22H23FN4O/c1-16-14-21(17-6-2-4-8-19(17)24-16)27-12-10-26(11-13-27)15-22(28)25-20-9-5-3-7-18(20)23/h2-9,14H,10-13,15H2,1H3,(H,25,28). The van der Waals surface area contributed by atoms with Crippen molar-refractivity contribution in [2.24, 2.45) is 0 Å². The average molecular weight is 378 g/mol. The van der Waals surface area contributed by atoms with Gasteiger partial charge in [-0.25, -0.2) is 4.39 Å². The minimum atomic E-state index is -0.416. The molecule has 0 atom stereocenters. The highest BCUT2D eigenvalue weighted by Crippen LogP contribution is 2.27. The predicted octanol–water partition coefficient (Wildman–Crippen LogP) is 3.44. The van der Waals surface area contributed by atoms with Gasteiger partial charge in [0.15, 0.2) is 0 Å². The van der Waals surface area contributed by atoms with Gasteiger partial charge in [-0.3, -0.25) is 14.7 Å². The van der Waals surface area contributed by atoms with Crippen molar-refractivity contribution in [2.45, 2.75) is 6.92 Å². The molecule has 0 bridgehead atoms. The summed E-state index contributed by atoms with van der Waals surface area (Å²) in [5.74, 6) is -0.607. The summed E-state index contributed by atoms with van der Waals surface area (Å²) in [7, 11) is 0. The quantitative estimate of drug-likeness (QED) is 0.756. The van der Waals surface area contributed by atoms with E-state index in [9.17, 15) is 9.18 Å². The van der Waals surface area contributed by atoms with Crippen LogP contribution in [0.1, 0.15) is 5.69 Å². The zero-order chi connectivity index (χ0) is 19.5. The molecule has 1 amide bonds. The minimum Gasteiger partial charge on any atom is -0.368 e. The second-order valence-corrected chi connectivity index (χ2v) is 7.09. The van der Waals surface area contributed by atoms with Gasteiger partial charge in [-0.2, -0.15) is 0 Å². The number of anilines is 2. The molecule has 6 heteroatoms. The summed E-state index contributed by atoms with van der Waals surface area (Å²) in [5, 5.41) is 3.81. The zero-order valence-corrected chi connectivity index (χ0v) is 15.9. The molecule has 4 rings (SSSR count). The molecule has 0 unspecified atom stereocenters. The Morgan fingerprint density at radius 3 is 2.57 bits per heavy atom.